The zero-order chi connectivity index (χ0) is 12.3. The highest BCUT2D eigenvalue weighted by molar-refractivity contribution is 5.82. The Kier molecular flexibility index (Phi) is 4.51. The molecule has 0 spiro atoms. The van der Waals surface area contributed by atoms with Gasteiger partial charge in [-0.3, -0.25) is 4.99 Å². The first kappa shape index (κ1) is 14.2. The lowest BCUT2D eigenvalue weighted by Crippen LogP contribution is -2.19. The average Bonchev–Trinajstić information content (AvgIpc) is 2.00. The van der Waals surface area contributed by atoms with E-state index in [-0.39, 0.29) is 10.8 Å². The van der Waals surface area contributed by atoms with Crippen molar-refractivity contribution in [3.05, 3.63) is 23.9 Å². The van der Waals surface area contributed by atoms with Crippen LogP contribution in [0.5, 0.6) is 0 Å². The van der Waals surface area contributed by atoms with Crippen molar-refractivity contribution >= 4 is 6.21 Å². The summed E-state index contributed by atoms with van der Waals surface area (Å²) >= 11 is 0. The molecule has 0 aromatic heterocycles. The van der Waals surface area contributed by atoms with Crippen LogP contribution in [0.1, 0.15) is 48.5 Å². The van der Waals surface area contributed by atoms with E-state index >= 15 is 0 Å². The Morgan fingerprint density at radius 2 is 1.47 bits per heavy atom. The standard InChI is InChI=1S/C14H25N/c1-9-15-10-12(14(6,7)8)11(2)13(3,4)5/h9-10H,1H2,2-8H3/b12-11-,15-10-. The third-order valence-corrected chi connectivity index (χ3v) is 2.65. The second kappa shape index (κ2) is 4.78. The largest absolute Gasteiger partial charge is 0.265 e. The summed E-state index contributed by atoms with van der Waals surface area (Å²) in [5.74, 6) is 0. The fraction of sp³-hybridized carbons (Fsp3) is 0.643. The molecule has 0 aromatic carbocycles. The van der Waals surface area contributed by atoms with E-state index in [4.69, 9.17) is 0 Å². The van der Waals surface area contributed by atoms with Crippen LogP contribution in [0.3, 0.4) is 0 Å². The SMILES string of the molecule is C=C/N=C\C(=C(/C)C(C)(C)C)C(C)(C)C. The molecule has 0 aromatic rings. The third-order valence-electron chi connectivity index (χ3n) is 2.65. The molecule has 1 heteroatoms. The maximum absolute atomic E-state index is 4.15. The quantitative estimate of drug-likeness (QED) is 0.586. The molecule has 0 fully saturated rings. The van der Waals surface area contributed by atoms with Crippen molar-refractivity contribution in [1.29, 1.82) is 0 Å². The third kappa shape index (κ3) is 4.46. The first-order valence-electron chi connectivity index (χ1n) is 5.46. The summed E-state index contributed by atoms with van der Waals surface area (Å²) in [5, 5.41) is 0. The van der Waals surface area contributed by atoms with Crippen molar-refractivity contribution in [3.63, 3.8) is 0 Å². The summed E-state index contributed by atoms with van der Waals surface area (Å²) in [6, 6.07) is 0. The second-order valence-corrected chi connectivity index (χ2v) is 6.00. The Balaban J connectivity index is 5.47. The highest BCUT2D eigenvalue weighted by Gasteiger charge is 2.23. The van der Waals surface area contributed by atoms with Crippen LogP contribution in [-0.2, 0) is 0 Å². The molecule has 0 amide bonds. The minimum atomic E-state index is 0.129. The molecule has 0 aliphatic carbocycles. The molecule has 0 saturated heterocycles. The van der Waals surface area contributed by atoms with Gasteiger partial charge in [0.25, 0.3) is 0 Å². The lowest BCUT2D eigenvalue weighted by Gasteiger charge is -2.29. The normalized spacial score (nSPS) is 15.4. The number of allylic oxidation sites excluding steroid dienone is 2. The van der Waals surface area contributed by atoms with Crippen LogP contribution >= 0.6 is 0 Å². The summed E-state index contributed by atoms with van der Waals surface area (Å²) in [5.41, 5.74) is 3.01. The number of hydrogen-bond donors (Lipinski definition) is 0. The van der Waals surface area contributed by atoms with Crippen molar-refractivity contribution < 1.29 is 0 Å². The highest BCUT2D eigenvalue weighted by atomic mass is 14.7. The van der Waals surface area contributed by atoms with E-state index in [2.05, 4.69) is 60.0 Å². The maximum atomic E-state index is 4.15. The predicted octanol–water partition coefficient (Wildman–Crippen LogP) is 4.61. The van der Waals surface area contributed by atoms with E-state index in [1.165, 1.54) is 11.1 Å². The Hall–Kier alpha value is -0.850. The van der Waals surface area contributed by atoms with E-state index in [9.17, 15) is 0 Å². The van der Waals surface area contributed by atoms with Gasteiger partial charge in [0, 0.05) is 12.4 Å². The summed E-state index contributed by atoms with van der Waals surface area (Å²) in [6.07, 6.45) is 3.52. The second-order valence-electron chi connectivity index (χ2n) is 6.00. The molecule has 86 valence electrons. The van der Waals surface area contributed by atoms with Gasteiger partial charge in [0.15, 0.2) is 0 Å². The number of rotatable bonds is 2. The first-order valence-corrected chi connectivity index (χ1v) is 5.46. The van der Waals surface area contributed by atoms with Gasteiger partial charge in [-0.05, 0) is 23.3 Å². The lowest BCUT2D eigenvalue weighted by atomic mass is 9.76. The fourth-order valence-corrected chi connectivity index (χ4v) is 1.38. The van der Waals surface area contributed by atoms with Crippen molar-refractivity contribution in [3.8, 4) is 0 Å². The average molecular weight is 207 g/mol. The number of nitrogens with zero attached hydrogens (tertiary/aromatic N) is 1. The van der Waals surface area contributed by atoms with E-state index in [0.717, 1.165) is 0 Å². The molecule has 0 aliphatic heterocycles. The monoisotopic (exact) mass is 207 g/mol. The summed E-state index contributed by atoms with van der Waals surface area (Å²) < 4.78 is 0. The number of aliphatic imine (C=N–C) groups is 1. The molecule has 0 N–H and O–H groups in total. The molecule has 0 aliphatic rings. The zero-order valence-electron chi connectivity index (χ0n) is 11.3. The molecule has 15 heavy (non-hydrogen) atoms. The van der Waals surface area contributed by atoms with Gasteiger partial charge in [-0.25, -0.2) is 0 Å². The van der Waals surface area contributed by atoms with E-state index in [1.54, 1.807) is 6.20 Å². The van der Waals surface area contributed by atoms with Gasteiger partial charge >= 0.3 is 0 Å². The smallest absolute Gasteiger partial charge is 0.0304 e. The van der Waals surface area contributed by atoms with E-state index in [0.29, 0.717) is 0 Å². The fourth-order valence-electron chi connectivity index (χ4n) is 1.38. The molecule has 0 unspecified atom stereocenters. The van der Waals surface area contributed by atoms with Gasteiger partial charge in [0.1, 0.15) is 0 Å². The van der Waals surface area contributed by atoms with Crippen LogP contribution in [0, 0.1) is 10.8 Å². The topological polar surface area (TPSA) is 12.4 Å². The minimum Gasteiger partial charge on any atom is -0.265 e. The molecule has 0 saturated carbocycles. The Morgan fingerprint density at radius 3 is 1.73 bits per heavy atom. The Bertz CT molecular complexity index is 279. The highest BCUT2D eigenvalue weighted by Crippen LogP contribution is 2.35. The minimum absolute atomic E-state index is 0.129. The van der Waals surface area contributed by atoms with Gasteiger partial charge in [-0.1, -0.05) is 53.7 Å². The van der Waals surface area contributed by atoms with E-state index in [1.807, 2.05) is 6.21 Å². The first-order chi connectivity index (χ1) is 6.60. The van der Waals surface area contributed by atoms with Gasteiger partial charge < -0.3 is 0 Å². The lowest BCUT2D eigenvalue weighted by molar-refractivity contribution is 0.460. The molecule has 1 nitrogen and oxygen atoms in total. The number of hydrogen-bond acceptors (Lipinski definition) is 1. The van der Waals surface area contributed by atoms with Gasteiger partial charge in [0.05, 0.1) is 0 Å². The van der Waals surface area contributed by atoms with Crippen LogP contribution in [0.4, 0.5) is 0 Å². The van der Waals surface area contributed by atoms with Crippen LogP contribution in [0.15, 0.2) is 28.9 Å². The molecule has 0 rings (SSSR count). The van der Waals surface area contributed by atoms with Crippen molar-refractivity contribution in [2.24, 2.45) is 15.8 Å². The zero-order valence-corrected chi connectivity index (χ0v) is 11.3. The van der Waals surface area contributed by atoms with Crippen LogP contribution in [0.25, 0.3) is 0 Å². The Morgan fingerprint density at radius 1 is 1.00 bits per heavy atom. The molecule has 0 atom stereocenters. The van der Waals surface area contributed by atoms with Crippen molar-refractivity contribution in [2.45, 2.75) is 48.5 Å². The predicted molar refractivity (Wildman–Crippen MR) is 70.3 cm³/mol. The molecular formula is C14H25N. The molecule has 0 bridgehead atoms. The molecular weight excluding hydrogens is 182 g/mol. The molecule has 0 radical (unpaired) electrons. The van der Waals surface area contributed by atoms with Crippen LogP contribution < -0.4 is 0 Å². The van der Waals surface area contributed by atoms with Crippen LogP contribution in [-0.4, -0.2) is 6.21 Å². The summed E-state index contributed by atoms with van der Waals surface area (Å²) in [4.78, 5) is 4.15. The summed E-state index contributed by atoms with van der Waals surface area (Å²) in [7, 11) is 0. The van der Waals surface area contributed by atoms with Gasteiger partial charge in [-0.2, -0.15) is 0 Å². The van der Waals surface area contributed by atoms with Crippen molar-refractivity contribution in [2.75, 3.05) is 0 Å². The van der Waals surface area contributed by atoms with Gasteiger partial charge in [0.2, 0.25) is 0 Å². The summed E-state index contributed by atoms with van der Waals surface area (Å²) in [6.45, 7) is 19.1. The van der Waals surface area contributed by atoms with Crippen molar-refractivity contribution in [1.82, 2.24) is 0 Å². The van der Waals surface area contributed by atoms with E-state index < -0.39 is 0 Å². The van der Waals surface area contributed by atoms with Gasteiger partial charge in [-0.15, -0.1) is 0 Å². The maximum Gasteiger partial charge on any atom is 0.0304 e. The molecule has 0 heterocycles. The van der Waals surface area contributed by atoms with Crippen LogP contribution in [0.2, 0.25) is 0 Å². The Labute approximate surface area is 95.0 Å².